The average Bonchev–Trinajstić information content (AvgIpc) is 2.95. The van der Waals surface area contributed by atoms with E-state index in [1.54, 1.807) is 30.3 Å². The van der Waals surface area contributed by atoms with Crippen LogP contribution in [0.15, 0.2) is 62.9 Å². The van der Waals surface area contributed by atoms with E-state index >= 15 is 0 Å². The van der Waals surface area contributed by atoms with Gasteiger partial charge in [-0.25, -0.2) is 9.79 Å². The van der Waals surface area contributed by atoms with Crippen LogP contribution in [0.2, 0.25) is 0 Å². The minimum atomic E-state index is -1.07. The third-order valence-electron chi connectivity index (χ3n) is 3.26. The standard InChI is InChI=1S/C18H13BrN2O4S/c19-12-5-7-13(8-6-12)20-18-21-17(24)15(26-18)9-11-3-1-2-4-14(11)25-10-16(22)23/h1-9H,10H2,(H,22,23)(H,20,21,24). The van der Waals surface area contributed by atoms with Gasteiger partial charge in [-0.3, -0.25) is 4.79 Å². The van der Waals surface area contributed by atoms with Gasteiger partial charge in [0.05, 0.1) is 10.6 Å². The number of aliphatic carboxylic acids is 1. The van der Waals surface area contributed by atoms with Crippen LogP contribution in [-0.2, 0) is 9.59 Å². The van der Waals surface area contributed by atoms with Crippen LogP contribution in [0.5, 0.6) is 5.75 Å². The number of nitrogens with one attached hydrogen (secondary N) is 1. The maximum Gasteiger partial charge on any atom is 0.341 e. The van der Waals surface area contributed by atoms with Crippen molar-refractivity contribution in [1.29, 1.82) is 0 Å². The lowest BCUT2D eigenvalue weighted by atomic mass is 10.2. The molecule has 0 bridgehead atoms. The van der Waals surface area contributed by atoms with Gasteiger partial charge >= 0.3 is 5.97 Å². The summed E-state index contributed by atoms with van der Waals surface area (Å²) in [6.45, 7) is -0.449. The molecular formula is C18H13BrN2O4S. The van der Waals surface area contributed by atoms with Crippen molar-refractivity contribution < 1.29 is 19.4 Å². The minimum absolute atomic E-state index is 0.265. The molecular weight excluding hydrogens is 420 g/mol. The van der Waals surface area contributed by atoms with Crippen molar-refractivity contribution in [2.24, 2.45) is 4.99 Å². The number of para-hydroxylation sites is 1. The molecule has 2 aromatic rings. The van der Waals surface area contributed by atoms with Crippen molar-refractivity contribution in [3.05, 3.63) is 63.5 Å². The molecule has 1 aliphatic heterocycles. The molecule has 2 aromatic carbocycles. The lowest BCUT2D eigenvalue weighted by molar-refractivity contribution is -0.139. The smallest absolute Gasteiger partial charge is 0.341 e. The molecule has 1 saturated heterocycles. The molecule has 0 saturated carbocycles. The Kier molecular flexibility index (Phi) is 5.75. The highest BCUT2D eigenvalue weighted by Crippen LogP contribution is 2.30. The van der Waals surface area contributed by atoms with E-state index in [0.717, 1.165) is 10.2 Å². The Morgan fingerprint density at radius 3 is 2.69 bits per heavy atom. The Bertz CT molecular complexity index is 910. The van der Waals surface area contributed by atoms with Gasteiger partial charge in [-0.2, -0.15) is 0 Å². The van der Waals surface area contributed by atoms with Crippen molar-refractivity contribution in [3.8, 4) is 5.75 Å². The van der Waals surface area contributed by atoms with E-state index in [0.29, 0.717) is 21.4 Å². The van der Waals surface area contributed by atoms with Gasteiger partial charge in [-0.15, -0.1) is 0 Å². The number of amides is 1. The molecule has 1 heterocycles. The molecule has 2 N–H and O–H groups in total. The molecule has 1 aliphatic rings. The van der Waals surface area contributed by atoms with E-state index in [-0.39, 0.29) is 5.91 Å². The topological polar surface area (TPSA) is 88.0 Å². The van der Waals surface area contributed by atoms with Gasteiger partial charge in [0.15, 0.2) is 11.8 Å². The number of rotatable bonds is 5. The highest BCUT2D eigenvalue weighted by Gasteiger charge is 2.24. The van der Waals surface area contributed by atoms with Crippen molar-refractivity contribution in [2.75, 3.05) is 6.61 Å². The van der Waals surface area contributed by atoms with Gasteiger partial charge in [0, 0.05) is 10.0 Å². The van der Waals surface area contributed by atoms with Gasteiger partial charge in [0.1, 0.15) is 5.75 Å². The third-order valence-corrected chi connectivity index (χ3v) is 4.70. The highest BCUT2D eigenvalue weighted by molar-refractivity contribution is 9.10. The number of carboxylic acid groups (broad SMARTS) is 1. The fourth-order valence-corrected chi connectivity index (χ4v) is 3.22. The SMILES string of the molecule is O=C(O)COc1ccccc1C=C1SC(=Nc2ccc(Br)cc2)NC1=O. The second-order valence-electron chi connectivity index (χ2n) is 5.18. The van der Waals surface area contributed by atoms with Crippen LogP contribution in [0.4, 0.5) is 5.69 Å². The number of carboxylic acids is 1. The lowest BCUT2D eigenvalue weighted by Crippen LogP contribution is -2.19. The number of aliphatic imine (C=N–C) groups is 1. The summed E-state index contributed by atoms with van der Waals surface area (Å²) < 4.78 is 6.21. The number of hydrogen-bond donors (Lipinski definition) is 2. The molecule has 132 valence electrons. The van der Waals surface area contributed by atoms with Crippen LogP contribution in [0.25, 0.3) is 6.08 Å². The average molecular weight is 433 g/mol. The van der Waals surface area contributed by atoms with Crippen LogP contribution in [0.1, 0.15) is 5.56 Å². The fraction of sp³-hybridized carbons (Fsp3) is 0.0556. The second-order valence-corrected chi connectivity index (χ2v) is 7.12. The summed E-state index contributed by atoms with van der Waals surface area (Å²) in [6, 6.07) is 14.3. The molecule has 0 spiro atoms. The first kappa shape index (κ1) is 18.2. The van der Waals surface area contributed by atoms with E-state index in [9.17, 15) is 9.59 Å². The zero-order valence-electron chi connectivity index (χ0n) is 13.3. The predicted octanol–water partition coefficient (Wildman–Crippen LogP) is 3.80. The fourth-order valence-electron chi connectivity index (χ4n) is 2.13. The van der Waals surface area contributed by atoms with Gasteiger partial charge in [-0.1, -0.05) is 34.1 Å². The second kappa shape index (κ2) is 8.20. The zero-order chi connectivity index (χ0) is 18.5. The van der Waals surface area contributed by atoms with Gasteiger partial charge in [0.2, 0.25) is 0 Å². The summed E-state index contributed by atoms with van der Waals surface area (Å²) in [7, 11) is 0. The lowest BCUT2D eigenvalue weighted by Gasteiger charge is -2.06. The summed E-state index contributed by atoms with van der Waals surface area (Å²) in [6.07, 6.45) is 1.65. The van der Waals surface area contributed by atoms with Crippen LogP contribution in [0, 0.1) is 0 Å². The molecule has 1 fully saturated rings. The number of carbonyl (C=O) groups excluding carboxylic acids is 1. The third kappa shape index (κ3) is 4.74. The number of hydrogen-bond acceptors (Lipinski definition) is 5. The Hall–Kier alpha value is -2.58. The van der Waals surface area contributed by atoms with E-state index in [1.807, 2.05) is 24.3 Å². The Balaban J connectivity index is 1.81. The quantitative estimate of drug-likeness (QED) is 0.701. The highest BCUT2D eigenvalue weighted by atomic mass is 79.9. The monoisotopic (exact) mass is 432 g/mol. The summed E-state index contributed by atoms with van der Waals surface area (Å²) >= 11 is 4.57. The summed E-state index contributed by atoms with van der Waals surface area (Å²) in [4.78, 5) is 27.7. The molecule has 3 rings (SSSR count). The number of halogens is 1. The number of thioether (sulfide) groups is 1. The molecule has 0 aromatic heterocycles. The normalized spacial score (nSPS) is 16.7. The number of ether oxygens (including phenoxy) is 1. The first-order valence-electron chi connectivity index (χ1n) is 7.50. The van der Waals surface area contributed by atoms with Crippen LogP contribution in [-0.4, -0.2) is 28.8 Å². The number of amidine groups is 1. The van der Waals surface area contributed by atoms with Gasteiger partial charge < -0.3 is 15.2 Å². The molecule has 8 heteroatoms. The molecule has 26 heavy (non-hydrogen) atoms. The Morgan fingerprint density at radius 2 is 1.96 bits per heavy atom. The molecule has 0 aliphatic carbocycles. The van der Waals surface area contributed by atoms with Gasteiger partial charge in [-0.05, 0) is 48.2 Å². The van der Waals surface area contributed by atoms with E-state index in [2.05, 4.69) is 26.2 Å². The number of carbonyl (C=O) groups is 2. The Labute approximate surface area is 162 Å². The first-order chi connectivity index (χ1) is 12.5. The van der Waals surface area contributed by atoms with Crippen molar-refractivity contribution in [1.82, 2.24) is 5.32 Å². The van der Waals surface area contributed by atoms with E-state index in [4.69, 9.17) is 9.84 Å². The summed E-state index contributed by atoms with van der Waals surface area (Å²) in [5.74, 6) is -0.933. The molecule has 6 nitrogen and oxygen atoms in total. The Morgan fingerprint density at radius 1 is 1.23 bits per heavy atom. The van der Waals surface area contributed by atoms with Crippen molar-refractivity contribution in [3.63, 3.8) is 0 Å². The molecule has 0 unspecified atom stereocenters. The molecule has 0 radical (unpaired) electrons. The maximum atomic E-state index is 12.2. The molecule has 1 amide bonds. The maximum absolute atomic E-state index is 12.2. The summed E-state index contributed by atoms with van der Waals surface area (Å²) in [5.41, 5.74) is 1.35. The molecule has 0 atom stereocenters. The summed E-state index contributed by atoms with van der Waals surface area (Å²) in [5, 5.41) is 12.0. The predicted molar refractivity (Wildman–Crippen MR) is 105 cm³/mol. The first-order valence-corrected chi connectivity index (χ1v) is 9.11. The minimum Gasteiger partial charge on any atom is -0.481 e. The van der Waals surface area contributed by atoms with Crippen molar-refractivity contribution in [2.45, 2.75) is 0 Å². The van der Waals surface area contributed by atoms with Crippen LogP contribution in [0.3, 0.4) is 0 Å². The zero-order valence-corrected chi connectivity index (χ0v) is 15.7. The van der Waals surface area contributed by atoms with E-state index < -0.39 is 12.6 Å². The number of benzene rings is 2. The van der Waals surface area contributed by atoms with E-state index in [1.165, 1.54) is 11.8 Å². The van der Waals surface area contributed by atoms with Crippen molar-refractivity contribution >= 4 is 56.5 Å². The van der Waals surface area contributed by atoms with Crippen LogP contribution < -0.4 is 10.1 Å². The largest absolute Gasteiger partial charge is 0.481 e. The van der Waals surface area contributed by atoms with Gasteiger partial charge in [0.25, 0.3) is 5.91 Å². The van der Waals surface area contributed by atoms with Crippen LogP contribution >= 0.6 is 27.7 Å². The number of nitrogens with zero attached hydrogens (tertiary/aromatic N) is 1.